The van der Waals surface area contributed by atoms with Gasteiger partial charge in [0.1, 0.15) is 5.60 Å². The van der Waals surface area contributed by atoms with Crippen LogP contribution in [0.15, 0.2) is 42.5 Å². The van der Waals surface area contributed by atoms with Gasteiger partial charge in [0.2, 0.25) is 5.91 Å². The van der Waals surface area contributed by atoms with Crippen molar-refractivity contribution in [3.63, 3.8) is 0 Å². The van der Waals surface area contributed by atoms with Crippen LogP contribution in [0.5, 0.6) is 0 Å². The number of nitrogens with zero attached hydrogens (tertiary/aromatic N) is 1. The van der Waals surface area contributed by atoms with Crippen LogP contribution in [0.25, 0.3) is 0 Å². The molecule has 0 saturated heterocycles. The lowest BCUT2D eigenvalue weighted by Crippen LogP contribution is -2.45. The van der Waals surface area contributed by atoms with Gasteiger partial charge in [-0.15, -0.1) is 0 Å². The zero-order valence-electron chi connectivity index (χ0n) is 16.4. The fraction of sp³-hybridized carbons (Fsp3) is 0.318. The van der Waals surface area contributed by atoms with E-state index < -0.39 is 29.3 Å². The van der Waals surface area contributed by atoms with Crippen LogP contribution in [-0.4, -0.2) is 28.3 Å². The normalized spacial score (nSPS) is 16.6. The molecule has 1 aliphatic rings. The summed E-state index contributed by atoms with van der Waals surface area (Å²) in [4.78, 5) is 39.7. The highest BCUT2D eigenvalue weighted by atomic mass is 35.5. The number of rotatable bonds is 4. The van der Waals surface area contributed by atoms with Gasteiger partial charge in [-0.05, 0) is 50.1 Å². The van der Waals surface area contributed by atoms with E-state index in [4.69, 9.17) is 27.9 Å². The lowest BCUT2D eigenvalue weighted by molar-refractivity contribution is -0.157. The molecule has 5 nitrogen and oxygen atoms in total. The largest absolute Gasteiger partial charge is 0.460 e. The highest BCUT2D eigenvalue weighted by Crippen LogP contribution is 2.34. The first-order chi connectivity index (χ1) is 13.6. The number of ether oxygens (including phenoxy) is 1. The number of fused-ring (bicyclic) bond motifs is 1. The third kappa shape index (κ3) is 4.80. The van der Waals surface area contributed by atoms with Gasteiger partial charge < -0.3 is 4.74 Å². The van der Waals surface area contributed by atoms with Crippen molar-refractivity contribution in [3.05, 3.63) is 69.2 Å². The van der Waals surface area contributed by atoms with Crippen LogP contribution in [0.2, 0.25) is 10.0 Å². The van der Waals surface area contributed by atoms with Gasteiger partial charge in [-0.2, -0.15) is 0 Å². The first-order valence-corrected chi connectivity index (χ1v) is 9.93. The summed E-state index contributed by atoms with van der Waals surface area (Å²) in [7, 11) is 0. The Kier molecular flexibility index (Phi) is 6.01. The summed E-state index contributed by atoms with van der Waals surface area (Å²) in [5.74, 6) is -2.13. The quantitative estimate of drug-likeness (QED) is 0.502. The van der Waals surface area contributed by atoms with E-state index in [0.717, 1.165) is 4.90 Å². The maximum atomic E-state index is 13.2. The second-order valence-electron chi connectivity index (χ2n) is 7.91. The molecule has 0 aliphatic carbocycles. The summed E-state index contributed by atoms with van der Waals surface area (Å²) in [5.41, 5.74) is 0.945. The SMILES string of the molecule is CC(C)(C)OC(=O)CC1C(=O)N(Cc2ccc(Cl)c(Cl)c2)C(=O)c2ccccc21. The Morgan fingerprint density at radius 2 is 1.76 bits per heavy atom. The van der Waals surface area contributed by atoms with Crippen LogP contribution >= 0.6 is 23.2 Å². The smallest absolute Gasteiger partial charge is 0.307 e. The fourth-order valence-corrected chi connectivity index (χ4v) is 3.60. The van der Waals surface area contributed by atoms with Crippen molar-refractivity contribution in [3.8, 4) is 0 Å². The van der Waals surface area contributed by atoms with Crippen molar-refractivity contribution in [1.29, 1.82) is 0 Å². The lowest BCUT2D eigenvalue weighted by atomic mass is 9.86. The van der Waals surface area contributed by atoms with E-state index >= 15 is 0 Å². The maximum Gasteiger partial charge on any atom is 0.307 e. The third-order valence-electron chi connectivity index (χ3n) is 4.49. The van der Waals surface area contributed by atoms with E-state index in [1.807, 2.05) is 0 Å². The molecule has 1 aliphatic heterocycles. The number of imide groups is 1. The molecule has 0 saturated carbocycles. The standard InChI is InChI=1S/C22H21Cl2NO4/c1-22(2,3)29-19(26)11-16-14-6-4-5-7-15(14)20(27)25(21(16)28)12-13-8-9-17(23)18(24)10-13/h4-10,16H,11-12H2,1-3H3. The third-order valence-corrected chi connectivity index (χ3v) is 5.23. The summed E-state index contributed by atoms with van der Waals surface area (Å²) in [6, 6.07) is 11.8. The molecule has 1 heterocycles. The first kappa shape index (κ1) is 21.3. The van der Waals surface area contributed by atoms with Crippen LogP contribution in [0.4, 0.5) is 0 Å². The summed E-state index contributed by atoms with van der Waals surface area (Å²) in [6.45, 7) is 5.33. The summed E-state index contributed by atoms with van der Waals surface area (Å²) in [5, 5.41) is 0.728. The highest BCUT2D eigenvalue weighted by Gasteiger charge is 2.40. The second-order valence-corrected chi connectivity index (χ2v) is 8.72. The van der Waals surface area contributed by atoms with E-state index in [2.05, 4.69) is 0 Å². The van der Waals surface area contributed by atoms with Crippen LogP contribution in [0.1, 0.15) is 54.6 Å². The molecule has 0 radical (unpaired) electrons. The van der Waals surface area contributed by atoms with E-state index in [9.17, 15) is 14.4 Å². The van der Waals surface area contributed by atoms with Crippen molar-refractivity contribution in [2.75, 3.05) is 0 Å². The minimum atomic E-state index is -0.790. The molecule has 2 amide bonds. The Balaban J connectivity index is 1.93. The van der Waals surface area contributed by atoms with E-state index in [1.54, 1.807) is 63.2 Å². The van der Waals surface area contributed by atoms with Crippen LogP contribution in [-0.2, 0) is 20.9 Å². The molecule has 0 N–H and O–H groups in total. The highest BCUT2D eigenvalue weighted by molar-refractivity contribution is 6.42. The summed E-state index contributed by atoms with van der Waals surface area (Å²) in [6.07, 6.45) is -0.141. The molecule has 3 rings (SSSR count). The minimum Gasteiger partial charge on any atom is -0.460 e. The lowest BCUT2D eigenvalue weighted by Gasteiger charge is -2.32. The van der Waals surface area contributed by atoms with Gasteiger partial charge in [0.25, 0.3) is 5.91 Å². The number of esters is 1. The number of halogens is 2. The van der Waals surface area contributed by atoms with Crippen molar-refractivity contribution in [2.45, 2.75) is 45.3 Å². The average molecular weight is 434 g/mol. The molecule has 29 heavy (non-hydrogen) atoms. The Morgan fingerprint density at radius 1 is 1.07 bits per heavy atom. The van der Waals surface area contributed by atoms with Crippen molar-refractivity contribution in [1.82, 2.24) is 4.90 Å². The Labute approximate surface area is 179 Å². The Bertz CT molecular complexity index is 981. The number of benzene rings is 2. The van der Waals surface area contributed by atoms with Crippen molar-refractivity contribution < 1.29 is 19.1 Å². The molecule has 1 unspecified atom stereocenters. The van der Waals surface area contributed by atoms with Crippen molar-refractivity contribution >= 4 is 41.0 Å². The number of hydrogen-bond donors (Lipinski definition) is 0. The van der Waals surface area contributed by atoms with Crippen LogP contribution in [0.3, 0.4) is 0 Å². The maximum absolute atomic E-state index is 13.2. The number of carbonyl (C=O) groups is 3. The monoisotopic (exact) mass is 433 g/mol. The fourth-order valence-electron chi connectivity index (χ4n) is 3.28. The van der Waals surface area contributed by atoms with Crippen LogP contribution in [0, 0.1) is 0 Å². The van der Waals surface area contributed by atoms with Gasteiger partial charge in [0.15, 0.2) is 0 Å². The second kappa shape index (κ2) is 8.17. The molecular formula is C22H21Cl2NO4. The molecule has 1 atom stereocenters. The van der Waals surface area contributed by atoms with E-state index in [0.29, 0.717) is 26.7 Å². The Morgan fingerprint density at radius 3 is 2.41 bits per heavy atom. The average Bonchev–Trinajstić information content (AvgIpc) is 2.63. The zero-order chi connectivity index (χ0) is 21.3. The van der Waals surface area contributed by atoms with Gasteiger partial charge in [-0.3, -0.25) is 19.3 Å². The predicted molar refractivity (Wildman–Crippen MR) is 111 cm³/mol. The summed E-state index contributed by atoms with van der Waals surface area (Å²) >= 11 is 12.0. The van der Waals surface area contributed by atoms with E-state index in [1.165, 1.54) is 0 Å². The first-order valence-electron chi connectivity index (χ1n) is 9.17. The molecule has 2 aromatic rings. The minimum absolute atomic E-state index is 0.0354. The van der Waals surface area contributed by atoms with Gasteiger partial charge in [0, 0.05) is 5.56 Å². The molecule has 0 spiro atoms. The molecule has 152 valence electrons. The Hall–Kier alpha value is -2.37. The zero-order valence-corrected chi connectivity index (χ0v) is 17.9. The number of hydrogen-bond acceptors (Lipinski definition) is 4. The molecule has 2 aromatic carbocycles. The number of carbonyl (C=O) groups excluding carboxylic acids is 3. The molecule has 0 aromatic heterocycles. The van der Waals surface area contributed by atoms with Gasteiger partial charge in [-0.1, -0.05) is 47.5 Å². The predicted octanol–water partition coefficient (Wildman–Crippen LogP) is 4.99. The molecular weight excluding hydrogens is 413 g/mol. The molecule has 7 heteroatoms. The van der Waals surface area contributed by atoms with Gasteiger partial charge in [0.05, 0.1) is 28.9 Å². The van der Waals surface area contributed by atoms with Gasteiger partial charge in [-0.25, -0.2) is 0 Å². The molecule has 0 bridgehead atoms. The van der Waals surface area contributed by atoms with Gasteiger partial charge >= 0.3 is 5.97 Å². The topological polar surface area (TPSA) is 63.7 Å². The number of amides is 2. The van der Waals surface area contributed by atoms with Crippen molar-refractivity contribution in [2.24, 2.45) is 0 Å². The molecule has 0 fully saturated rings. The van der Waals surface area contributed by atoms with Crippen LogP contribution < -0.4 is 0 Å². The van der Waals surface area contributed by atoms with E-state index in [-0.39, 0.29) is 13.0 Å². The summed E-state index contributed by atoms with van der Waals surface area (Å²) < 4.78 is 5.39.